The van der Waals surface area contributed by atoms with Gasteiger partial charge < -0.3 is 20.1 Å². The highest BCUT2D eigenvalue weighted by atomic mass is 35.5. The van der Waals surface area contributed by atoms with Crippen LogP contribution in [0.3, 0.4) is 0 Å². The van der Waals surface area contributed by atoms with E-state index in [1.54, 1.807) is 32.4 Å². The fourth-order valence-corrected chi connectivity index (χ4v) is 1.89. The van der Waals surface area contributed by atoms with E-state index >= 15 is 0 Å². The smallest absolute Gasteiger partial charge is 0.174 e. The van der Waals surface area contributed by atoms with Crippen LogP contribution in [0.4, 0.5) is 5.69 Å². The molecule has 0 aliphatic rings. The zero-order valence-electron chi connectivity index (χ0n) is 10.00. The summed E-state index contributed by atoms with van der Waals surface area (Å²) in [5, 5.41) is 7.26. The van der Waals surface area contributed by atoms with Gasteiger partial charge in [-0.2, -0.15) is 0 Å². The third kappa shape index (κ3) is 4.59. The van der Waals surface area contributed by atoms with Crippen molar-refractivity contribution in [1.29, 1.82) is 0 Å². The van der Waals surface area contributed by atoms with E-state index in [1.165, 1.54) is 0 Å². The molecular formula is C11H14Cl2N2O2S. The number of hydrogen-bond acceptors (Lipinski definition) is 3. The highest BCUT2D eigenvalue weighted by Crippen LogP contribution is 2.29. The Hall–Kier alpha value is -0.590. The van der Waals surface area contributed by atoms with Crippen LogP contribution in [0.2, 0.25) is 10.0 Å². The Labute approximate surface area is 122 Å². The van der Waals surface area contributed by atoms with E-state index < -0.39 is 0 Å². The first-order chi connectivity index (χ1) is 8.58. The average molecular weight is 309 g/mol. The predicted octanol–water partition coefficient (Wildman–Crippen LogP) is 2.90. The second-order valence-electron chi connectivity index (χ2n) is 3.33. The van der Waals surface area contributed by atoms with Crippen molar-refractivity contribution in [2.45, 2.75) is 6.29 Å². The molecule has 4 nitrogen and oxygen atoms in total. The van der Waals surface area contributed by atoms with Gasteiger partial charge in [-0.3, -0.25) is 0 Å². The van der Waals surface area contributed by atoms with Gasteiger partial charge >= 0.3 is 0 Å². The van der Waals surface area contributed by atoms with Crippen LogP contribution in [0, 0.1) is 0 Å². The molecule has 0 heterocycles. The van der Waals surface area contributed by atoms with Gasteiger partial charge in [-0.15, -0.1) is 0 Å². The summed E-state index contributed by atoms with van der Waals surface area (Å²) in [6.45, 7) is 0.418. The van der Waals surface area contributed by atoms with Gasteiger partial charge in [0.25, 0.3) is 0 Å². The van der Waals surface area contributed by atoms with Crippen molar-refractivity contribution in [3.8, 4) is 0 Å². The summed E-state index contributed by atoms with van der Waals surface area (Å²) in [5.41, 5.74) is 0.574. The number of thiocarbonyl (C=S) groups is 1. The summed E-state index contributed by atoms with van der Waals surface area (Å²) in [6.07, 6.45) is -0.369. The summed E-state index contributed by atoms with van der Waals surface area (Å²) in [4.78, 5) is 0. The molecule has 2 N–H and O–H groups in total. The zero-order valence-corrected chi connectivity index (χ0v) is 12.3. The molecule has 7 heteroatoms. The van der Waals surface area contributed by atoms with Gasteiger partial charge in [0.15, 0.2) is 11.4 Å². The number of anilines is 1. The lowest BCUT2D eigenvalue weighted by Crippen LogP contribution is -2.36. The molecule has 0 fully saturated rings. The molecule has 0 bridgehead atoms. The van der Waals surface area contributed by atoms with Gasteiger partial charge in [0.1, 0.15) is 0 Å². The Morgan fingerprint density at radius 1 is 1.28 bits per heavy atom. The van der Waals surface area contributed by atoms with Crippen LogP contribution in [-0.4, -0.2) is 32.2 Å². The number of hydrogen-bond donors (Lipinski definition) is 2. The van der Waals surface area contributed by atoms with E-state index in [0.29, 0.717) is 27.4 Å². The summed E-state index contributed by atoms with van der Waals surface area (Å²) in [5.74, 6) is 0. The van der Waals surface area contributed by atoms with Crippen LogP contribution < -0.4 is 10.6 Å². The van der Waals surface area contributed by atoms with E-state index in [0.717, 1.165) is 0 Å². The molecule has 0 atom stereocenters. The topological polar surface area (TPSA) is 42.5 Å². The van der Waals surface area contributed by atoms with Crippen LogP contribution in [0.15, 0.2) is 18.2 Å². The maximum absolute atomic E-state index is 6.01. The zero-order chi connectivity index (χ0) is 13.5. The van der Waals surface area contributed by atoms with Crippen molar-refractivity contribution >= 4 is 46.2 Å². The second kappa shape index (κ2) is 7.76. The Morgan fingerprint density at radius 2 is 1.83 bits per heavy atom. The van der Waals surface area contributed by atoms with Crippen molar-refractivity contribution in [2.24, 2.45) is 0 Å². The minimum Gasteiger partial charge on any atom is -0.357 e. The molecule has 18 heavy (non-hydrogen) atoms. The van der Waals surface area contributed by atoms with Crippen LogP contribution in [0.5, 0.6) is 0 Å². The minimum absolute atomic E-state index is 0.369. The van der Waals surface area contributed by atoms with Gasteiger partial charge in [-0.1, -0.05) is 29.3 Å². The monoisotopic (exact) mass is 308 g/mol. The quantitative estimate of drug-likeness (QED) is 0.647. The first-order valence-corrected chi connectivity index (χ1v) is 6.29. The summed E-state index contributed by atoms with van der Waals surface area (Å²) in [6, 6.07) is 5.22. The summed E-state index contributed by atoms with van der Waals surface area (Å²) >= 11 is 17.1. The SMILES string of the molecule is COC(CNC(=S)Nc1c(Cl)cccc1Cl)OC. The lowest BCUT2D eigenvalue weighted by molar-refractivity contribution is -0.0964. The fraction of sp³-hybridized carbons (Fsp3) is 0.364. The van der Waals surface area contributed by atoms with Crippen molar-refractivity contribution in [3.05, 3.63) is 28.2 Å². The maximum Gasteiger partial charge on any atom is 0.174 e. The van der Waals surface area contributed by atoms with Crippen LogP contribution in [0.25, 0.3) is 0 Å². The molecule has 0 aliphatic carbocycles. The van der Waals surface area contributed by atoms with Crippen molar-refractivity contribution in [1.82, 2.24) is 5.32 Å². The second-order valence-corrected chi connectivity index (χ2v) is 4.56. The van der Waals surface area contributed by atoms with Crippen molar-refractivity contribution in [3.63, 3.8) is 0 Å². The summed E-state index contributed by atoms with van der Waals surface area (Å²) in [7, 11) is 3.11. The number of para-hydroxylation sites is 1. The van der Waals surface area contributed by atoms with Gasteiger partial charge in [0.05, 0.1) is 22.3 Å². The molecule has 100 valence electrons. The average Bonchev–Trinajstić information content (AvgIpc) is 2.35. The Bertz CT molecular complexity index is 394. The lowest BCUT2D eigenvalue weighted by atomic mass is 10.3. The Kier molecular flexibility index (Phi) is 6.67. The Balaban J connectivity index is 2.55. The van der Waals surface area contributed by atoms with Crippen LogP contribution >= 0.6 is 35.4 Å². The van der Waals surface area contributed by atoms with Gasteiger partial charge in [0, 0.05) is 14.2 Å². The lowest BCUT2D eigenvalue weighted by Gasteiger charge is -2.17. The van der Waals surface area contributed by atoms with E-state index in [-0.39, 0.29) is 6.29 Å². The number of benzene rings is 1. The first kappa shape index (κ1) is 15.5. The van der Waals surface area contributed by atoms with Crippen molar-refractivity contribution < 1.29 is 9.47 Å². The van der Waals surface area contributed by atoms with Gasteiger partial charge in [-0.05, 0) is 24.4 Å². The third-order valence-electron chi connectivity index (χ3n) is 2.16. The number of rotatable bonds is 5. The minimum atomic E-state index is -0.369. The van der Waals surface area contributed by atoms with E-state index in [1.807, 2.05) is 0 Å². The fourth-order valence-electron chi connectivity index (χ4n) is 1.21. The molecule has 0 aliphatic heterocycles. The summed E-state index contributed by atoms with van der Waals surface area (Å²) < 4.78 is 10.0. The van der Waals surface area contributed by atoms with Gasteiger partial charge in [0.2, 0.25) is 0 Å². The molecular weight excluding hydrogens is 295 g/mol. The van der Waals surface area contributed by atoms with E-state index in [9.17, 15) is 0 Å². The number of methoxy groups -OCH3 is 2. The third-order valence-corrected chi connectivity index (χ3v) is 3.03. The van der Waals surface area contributed by atoms with Gasteiger partial charge in [-0.25, -0.2) is 0 Å². The normalized spacial score (nSPS) is 10.5. The molecule has 1 rings (SSSR count). The molecule has 0 saturated heterocycles. The molecule has 0 saturated carbocycles. The first-order valence-electron chi connectivity index (χ1n) is 5.13. The number of halogens is 2. The van der Waals surface area contributed by atoms with Crippen molar-refractivity contribution in [2.75, 3.05) is 26.1 Å². The molecule has 0 amide bonds. The molecule has 1 aromatic carbocycles. The van der Waals surface area contributed by atoms with E-state index in [2.05, 4.69) is 10.6 Å². The Morgan fingerprint density at radius 3 is 2.33 bits per heavy atom. The maximum atomic E-state index is 6.01. The predicted molar refractivity (Wildman–Crippen MR) is 78.5 cm³/mol. The highest BCUT2D eigenvalue weighted by molar-refractivity contribution is 7.80. The number of ether oxygens (including phenoxy) is 2. The standard InChI is InChI=1S/C11H14Cl2N2O2S/c1-16-9(17-2)6-14-11(18)15-10-7(12)4-3-5-8(10)13/h3-5,9H,6H2,1-2H3,(H2,14,15,18). The number of nitrogens with one attached hydrogen (secondary N) is 2. The highest BCUT2D eigenvalue weighted by Gasteiger charge is 2.09. The largest absolute Gasteiger partial charge is 0.357 e. The molecule has 0 spiro atoms. The van der Waals surface area contributed by atoms with E-state index in [4.69, 9.17) is 44.9 Å². The molecule has 0 aromatic heterocycles. The molecule has 1 aromatic rings. The van der Waals surface area contributed by atoms with Crippen LogP contribution in [0.1, 0.15) is 0 Å². The molecule has 0 radical (unpaired) electrons. The molecule has 0 unspecified atom stereocenters. The van der Waals surface area contributed by atoms with Crippen LogP contribution in [-0.2, 0) is 9.47 Å².